The smallest absolute Gasteiger partial charge is 0.334 e. The molecular weight excluding hydrogens is 184 g/mol. The average molecular weight is 198 g/mol. The number of carbonyl (C=O) groups is 2. The Kier molecular flexibility index (Phi) is 2.27. The molecule has 14 heavy (non-hydrogen) atoms. The molecule has 0 fully saturated rings. The first kappa shape index (κ1) is 10.9. The Morgan fingerprint density at radius 1 is 1.29 bits per heavy atom. The lowest BCUT2D eigenvalue weighted by Gasteiger charge is -2.38. The van der Waals surface area contributed by atoms with E-state index in [0.29, 0.717) is 0 Å². The summed E-state index contributed by atoms with van der Waals surface area (Å²) in [6.45, 7) is 6.54. The molecule has 0 aliphatic carbocycles. The Bertz CT molecular complexity index is 323. The summed E-state index contributed by atoms with van der Waals surface area (Å²) < 4.78 is 5.45. The lowest BCUT2D eigenvalue weighted by atomic mass is 9.87. The second kappa shape index (κ2) is 2.92. The van der Waals surface area contributed by atoms with Crippen molar-refractivity contribution >= 4 is 11.8 Å². The first-order valence-corrected chi connectivity index (χ1v) is 4.37. The molecule has 0 radical (unpaired) electrons. The van der Waals surface area contributed by atoms with Crippen molar-refractivity contribution < 1.29 is 19.4 Å². The Morgan fingerprint density at radius 2 is 1.79 bits per heavy atom. The summed E-state index contributed by atoms with van der Waals surface area (Å²) in [6.07, 6.45) is 1.16. The van der Waals surface area contributed by atoms with Gasteiger partial charge in [-0.2, -0.15) is 0 Å². The summed E-state index contributed by atoms with van der Waals surface area (Å²) >= 11 is 0. The maximum absolute atomic E-state index is 11.5. The zero-order chi connectivity index (χ0) is 11.1. The fraction of sp³-hybridized carbons (Fsp3) is 0.600. The summed E-state index contributed by atoms with van der Waals surface area (Å²) in [5, 5.41) is 8.86. The summed E-state index contributed by atoms with van der Waals surface area (Å²) in [6, 6.07) is 0. The number of ketones is 1. The van der Waals surface area contributed by atoms with Gasteiger partial charge in [0.2, 0.25) is 0 Å². The van der Waals surface area contributed by atoms with Gasteiger partial charge < -0.3 is 9.84 Å². The van der Waals surface area contributed by atoms with Crippen LogP contribution < -0.4 is 0 Å². The van der Waals surface area contributed by atoms with Crippen molar-refractivity contribution in [2.75, 3.05) is 0 Å². The van der Waals surface area contributed by atoms with Crippen LogP contribution in [0, 0.1) is 0 Å². The minimum Gasteiger partial charge on any atom is -0.478 e. The van der Waals surface area contributed by atoms with Gasteiger partial charge in [0, 0.05) is 0 Å². The van der Waals surface area contributed by atoms with Crippen molar-refractivity contribution in [3.05, 3.63) is 11.6 Å². The van der Waals surface area contributed by atoms with E-state index >= 15 is 0 Å². The van der Waals surface area contributed by atoms with Crippen LogP contribution in [0.2, 0.25) is 0 Å². The second-order valence-electron chi connectivity index (χ2n) is 4.35. The lowest BCUT2D eigenvalue weighted by molar-refractivity contribution is -0.159. The van der Waals surface area contributed by atoms with E-state index in [1.54, 1.807) is 27.7 Å². The number of ether oxygens (including phenoxy) is 1. The molecule has 4 heteroatoms. The van der Waals surface area contributed by atoms with Crippen molar-refractivity contribution in [1.29, 1.82) is 0 Å². The van der Waals surface area contributed by atoms with E-state index in [9.17, 15) is 9.59 Å². The molecule has 4 nitrogen and oxygen atoms in total. The number of rotatable bonds is 1. The Hall–Kier alpha value is -1.16. The van der Waals surface area contributed by atoms with Gasteiger partial charge >= 0.3 is 5.97 Å². The summed E-state index contributed by atoms with van der Waals surface area (Å²) in [4.78, 5) is 22.3. The number of carboxylic acids is 1. The standard InChI is InChI=1S/C10H14O4/c1-9(2)6(8(12)13)5-7(11)10(3,4)14-9/h5H,1-4H3,(H,12,13). The molecule has 0 unspecified atom stereocenters. The third-order valence-corrected chi connectivity index (χ3v) is 2.26. The lowest BCUT2D eigenvalue weighted by Crippen LogP contribution is -2.49. The fourth-order valence-electron chi connectivity index (χ4n) is 1.54. The Balaban J connectivity index is 3.21. The molecule has 78 valence electrons. The molecule has 0 bridgehead atoms. The van der Waals surface area contributed by atoms with Crippen LogP contribution >= 0.6 is 0 Å². The molecule has 0 saturated carbocycles. The molecule has 0 spiro atoms. The third-order valence-electron chi connectivity index (χ3n) is 2.26. The molecule has 1 aliphatic heterocycles. The molecule has 0 aromatic heterocycles. The van der Waals surface area contributed by atoms with Crippen molar-refractivity contribution in [2.24, 2.45) is 0 Å². The Labute approximate surface area is 82.6 Å². The van der Waals surface area contributed by atoms with Crippen LogP contribution in [-0.2, 0) is 14.3 Å². The second-order valence-corrected chi connectivity index (χ2v) is 4.35. The van der Waals surface area contributed by atoms with Crippen LogP contribution in [0.1, 0.15) is 27.7 Å². The first-order valence-electron chi connectivity index (χ1n) is 4.37. The highest BCUT2D eigenvalue weighted by Gasteiger charge is 2.43. The number of carboxylic acid groups (broad SMARTS) is 1. The van der Waals surface area contributed by atoms with E-state index in [2.05, 4.69) is 0 Å². The normalized spacial score (nSPS) is 24.3. The molecule has 1 rings (SSSR count). The highest BCUT2D eigenvalue weighted by atomic mass is 16.5. The molecule has 1 N–H and O–H groups in total. The average Bonchev–Trinajstić information content (AvgIpc) is 1.93. The maximum atomic E-state index is 11.5. The number of aliphatic carboxylic acids is 1. The van der Waals surface area contributed by atoms with E-state index < -0.39 is 17.2 Å². The maximum Gasteiger partial charge on any atom is 0.334 e. The molecule has 1 aliphatic rings. The van der Waals surface area contributed by atoms with Gasteiger partial charge in [-0.15, -0.1) is 0 Å². The van der Waals surface area contributed by atoms with Crippen molar-refractivity contribution in [2.45, 2.75) is 38.9 Å². The topological polar surface area (TPSA) is 63.6 Å². The predicted octanol–water partition coefficient (Wildman–Crippen LogP) is 1.15. The summed E-state index contributed by atoms with van der Waals surface area (Å²) in [7, 11) is 0. The zero-order valence-electron chi connectivity index (χ0n) is 8.75. The largest absolute Gasteiger partial charge is 0.478 e. The van der Waals surface area contributed by atoms with E-state index in [4.69, 9.17) is 9.84 Å². The number of hydrogen-bond acceptors (Lipinski definition) is 3. The minimum atomic E-state index is -1.11. The number of carbonyl (C=O) groups excluding carboxylic acids is 1. The zero-order valence-corrected chi connectivity index (χ0v) is 8.75. The van der Waals surface area contributed by atoms with E-state index in [0.717, 1.165) is 6.08 Å². The van der Waals surface area contributed by atoms with Gasteiger partial charge in [-0.25, -0.2) is 4.79 Å². The van der Waals surface area contributed by atoms with Crippen LogP contribution in [0.5, 0.6) is 0 Å². The molecule has 0 saturated heterocycles. The van der Waals surface area contributed by atoms with Gasteiger partial charge in [0.15, 0.2) is 5.78 Å². The van der Waals surface area contributed by atoms with Crippen LogP contribution in [0.25, 0.3) is 0 Å². The van der Waals surface area contributed by atoms with Crippen molar-refractivity contribution in [3.8, 4) is 0 Å². The van der Waals surface area contributed by atoms with Crippen LogP contribution in [0.3, 0.4) is 0 Å². The monoisotopic (exact) mass is 198 g/mol. The molecule has 0 amide bonds. The minimum absolute atomic E-state index is 0.00169. The quantitative estimate of drug-likeness (QED) is 0.686. The third kappa shape index (κ3) is 1.70. The molecule has 0 aromatic rings. The van der Waals surface area contributed by atoms with Gasteiger partial charge in [0.05, 0.1) is 11.2 Å². The molecule has 0 atom stereocenters. The first-order chi connectivity index (χ1) is 6.17. The highest BCUT2D eigenvalue weighted by Crippen LogP contribution is 2.32. The Morgan fingerprint density at radius 3 is 2.21 bits per heavy atom. The molecule has 0 aromatic carbocycles. The van der Waals surface area contributed by atoms with Crippen molar-refractivity contribution in [3.63, 3.8) is 0 Å². The van der Waals surface area contributed by atoms with E-state index in [-0.39, 0.29) is 11.4 Å². The van der Waals surface area contributed by atoms with Gasteiger partial charge in [0.1, 0.15) is 5.60 Å². The van der Waals surface area contributed by atoms with E-state index in [1.165, 1.54) is 0 Å². The van der Waals surface area contributed by atoms with Gasteiger partial charge in [-0.05, 0) is 33.8 Å². The van der Waals surface area contributed by atoms with Crippen LogP contribution in [0.4, 0.5) is 0 Å². The molecular formula is C10H14O4. The fourth-order valence-corrected chi connectivity index (χ4v) is 1.54. The van der Waals surface area contributed by atoms with Crippen LogP contribution in [-0.4, -0.2) is 28.1 Å². The predicted molar refractivity (Wildman–Crippen MR) is 50.0 cm³/mol. The summed E-state index contributed by atoms with van der Waals surface area (Å²) in [5.74, 6) is -1.42. The van der Waals surface area contributed by atoms with Crippen molar-refractivity contribution in [1.82, 2.24) is 0 Å². The van der Waals surface area contributed by atoms with Crippen LogP contribution in [0.15, 0.2) is 11.6 Å². The summed E-state index contributed by atoms with van der Waals surface area (Å²) in [5.41, 5.74) is -1.87. The van der Waals surface area contributed by atoms with Gasteiger partial charge in [-0.1, -0.05) is 0 Å². The molecule has 1 heterocycles. The highest BCUT2D eigenvalue weighted by molar-refractivity contribution is 6.04. The van der Waals surface area contributed by atoms with E-state index in [1.807, 2.05) is 0 Å². The van der Waals surface area contributed by atoms with Gasteiger partial charge in [0.25, 0.3) is 0 Å². The van der Waals surface area contributed by atoms with Gasteiger partial charge in [-0.3, -0.25) is 4.79 Å². The number of hydrogen-bond donors (Lipinski definition) is 1. The SMILES string of the molecule is CC1(C)OC(C)(C)C(C(=O)O)=CC1=O.